The highest BCUT2D eigenvalue weighted by Crippen LogP contribution is 2.38. The fourth-order valence-electron chi connectivity index (χ4n) is 2.67. The molecule has 2 heteroatoms. The summed E-state index contributed by atoms with van der Waals surface area (Å²) >= 11 is 0. The van der Waals surface area contributed by atoms with E-state index in [1.807, 2.05) is 0 Å². The number of hydrogen-bond donors (Lipinski definition) is 1. The van der Waals surface area contributed by atoms with Gasteiger partial charge in [-0.15, -0.1) is 0 Å². The minimum atomic E-state index is -0.601. The molecule has 0 amide bonds. The molecule has 2 fully saturated rings. The van der Waals surface area contributed by atoms with Crippen molar-refractivity contribution in [3.8, 4) is 0 Å². The van der Waals surface area contributed by atoms with E-state index in [1.165, 1.54) is 18.4 Å². The molecule has 2 nitrogen and oxygen atoms in total. The molecule has 0 bridgehead atoms. The fraction of sp³-hybridized carbons (Fsp3) is 0.571. The molecule has 1 aromatic rings. The summed E-state index contributed by atoms with van der Waals surface area (Å²) in [5.41, 5.74) is 1.74. The molecular weight excluding hydrogens is 198 g/mol. The molecule has 1 aliphatic heterocycles. The molecule has 1 aromatic carbocycles. The Balaban J connectivity index is 1.80. The highest BCUT2D eigenvalue weighted by molar-refractivity contribution is 5.28. The first-order chi connectivity index (χ1) is 7.67. The third kappa shape index (κ3) is 1.76. The van der Waals surface area contributed by atoms with Gasteiger partial charge in [-0.05, 0) is 31.7 Å². The lowest BCUT2D eigenvalue weighted by Gasteiger charge is -2.24. The second-order valence-corrected chi connectivity index (χ2v) is 5.35. The van der Waals surface area contributed by atoms with Crippen molar-refractivity contribution < 1.29 is 5.11 Å². The molecule has 1 saturated heterocycles. The molecule has 16 heavy (non-hydrogen) atoms. The first kappa shape index (κ1) is 10.3. The SMILES string of the molecule is Cc1ccc(C2(O)CCN(C3CC3)C2)cc1. The molecular formula is C14H19NO. The standard InChI is InChI=1S/C14H19NO/c1-11-2-4-12(5-3-11)14(16)8-9-15(10-14)13-6-7-13/h2-5,13,16H,6-10H2,1H3. The van der Waals surface area contributed by atoms with Crippen LogP contribution in [0.3, 0.4) is 0 Å². The lowest BCUT2D eigenvalue weighted by molar-refractivity contribution is 0.0452. The zero-order chi connectivity index (χ0) is 11.2. The van der Waals surface area contributed by atoms with Gasteiger partial charge in [-0.25, -0.2) is 0 Å². The molecule has 86 valence electrons. The van der Waals surface area contributed by atoms with Gasteiger partial charge in [-0.3, -0.25) is 4.90 Å². The maximum atomic E-state index is 10.7. The van der Waals surface area contributed by atoms with Gasteiger partial charge in [-0.1, -0.05) is 29.8 Å². The second kappa shape index (κ2) is 3.57. The summed E-state index contributed by atoms with van der Waals surface area (Å²) in [4.78, 5) is 2.44. The summed E-state index contributed by atoms with van der Waals surface area (Å²) in [6, 6.07) is 9.09. The quantitative estimate of drug-likeness (QED) is 0.819. The third-order valence-corrected chi connectivity index (χ3v) is 3.93. The molecule has 3 rings (SSSR count). The Hall–Kier alpha value is -0.860. The van der Waals surface area contributed by atoms with E-state index in [0.717, 1.165) is 31.1 Å². The fourth-order valence-corrected chi connectivity index (χ4v) is 2.67. The first-order valence-corrected chi connectivity index (χ1v) is 6.21. The van der Waals surface area contributed by atoms with Crippen molar-refractivity contribution in [1.29, 1.82) is 0 Å². The van der Waals surface area contributed by atoms with E-state index in [2.05, 4.69) is 36.1 Å². The van der Waals surface area contributed by atoms with Crippen LogP contribution in [-0.2, 0) is 5.60 Å². The minimum Gasteiger partial charge on any atom is -0.384 e. The Kier molecular flexibility index (Phi) is 2.30. The zero-order valence-electron chi connectivity index (χ0n) is 9.82. The lowest BCUT2D eigenvalue weighted by Crippen LogP contribution is -2.31. The number of hydrogen-bond acceptors (Lipinski definition) is 2. The van der Waals surface area contributed by atoms with E-state index in [1.54, 1.807) is 0 Å². The van der Waals surface area contributed by atoms with Crippen LogP contribution >= 0.6 is 0 Å². The molecule has 1 aliphatic carbocycles. The maximum Gasteiger partial charge on any atom is 0.103 e. The van der Waals surface area contributed by atoms with Crippen molar-refractivity contribution in [2.24, 2.45) is 0 Å². The van der Waals surface area contributed by atoms with Crippen molar-refractivity contribution in [1.82, 2.24) is 4.90 Å². The van der Waals surface area contributed by atoms with Gasteiger partial charge in [0.05, 0.1) is 0 Å². The molecule has 1 N–H and O–H groups in total. The summed E-state index contributed by atoms with van der Waals surface area (Å²) in [5.74, 6) is 0. The van der Waals surface area contributed by atoms with Gasteiger partial charge >= 0.3 is 0 Å². The molecule has 1 heterocycles. The monoisotopic (exact) mass is 217 g/mol. The van der Waals surface area contributed by atoms with E-state index < -0.39 is 5.60 Å². The smallest absolute Gasteiger partial charge is 0.103 e. The third-order valence-electron chi connectivity index (χ3n) is 3.93. The predicted octanol–water partition coefficient (Wildman–Crippen LogP) is 2.05. The Morgan fingerprint density at radius 1 is 1.25 bits per heavy atom. The Bertz CT molecular complexity index is 382. The van der Waals surface area contributed by atoms with Crippen molar-refractivity contribution in [3.63, 3.8) is 0 Å². The van der Waals surface area contributed by atoms with Gasteiger partial charge in [0.2, 0.25) is 0 Å². The van der Waals surface area contributed by atoms with Gasteiger partial charge in [0, 0.05) is 19.1 Å². The maximum absolute atomic E-state index is 10.7. The second-order valence-electron chi connectivity index (χ2n) is 5.35. The highest BCUT2D eigenvalue weighted by Gasteiger charge is 2.42. The van der Waals surface area contributed by atoms with Gasteiger partial charge < -0.3 is 5.11 Å². The van der Waals surface area contributed by atoms with Crippen LogP contribution in [-0.4, -0.2) is 29.1 Å². The first-order valence-electron chi connectivity index (χ1n) is 6.21. The normalized spacial score (nSPS) is 30.9. The van der Waals surface area contributed by atoms with Crippen molar-refractivity contribution in [3.05, 3.63) is 35.4 Å². The van der Waals surface area contributed by atoms with Gasteiger partial charge in [-0.2, -0.15) is 0 Å². The average molecular weight is 217 g/mol. The molecule has 1 saturated carbocycles. The molecule has 0 radical (unpaired) electrons. The minimum absolute atomic E-state index is 0.601. The molecule has 0 aromatic heterocycles. The van der Waals surface area contributed by atoms with Crippen molar-refractivity contribution in [2.45, 2.75) is 37.8 Å². The van der Waals surface area contributed by atoms with E-state index in [9.17, 15) is 5.11 Å². The van der Waals surface area contributed by atoms with E-state index >= 15 is 0 Å². The van der Waals surface area contributed by atoms with Crippen LogP contribution < -0.4 is 0 Å². The number of likely N-dealkylation sites (tertiary alicyclic amines) is 1. The van der Waals surface area contributed by atoms with Gasteiger partial charge in [0.25, 0.3) is 0 Å². The average Bonchev–Trinajstić information content (AvgIpc) is 3.04. The summed E-state index contributed by atoms with van der Waals surface area (Å²) < 4.78 is 0. The summed E-state index contributed by atoms with van der Waals surface area (Å²) in [6.45, 7) is 3.95. The van der Waals surface area contributed by atoms with E-state index in [4.69, 9.17) is 0 Å². The topological polar surface area (TPSA) is 23.5 Å². The Labute approximate surface area is 96.9 Å². The van der Waals surface area contributed by atoms with Crippen LogP contribution in [0.1, 0.15) is 30.4 Å². The van der Waals surface area contributed by atoms with Crippen LogP contribution in [0, 0.1) is 6.92 Å². The van der Waals surface area contributed by atoms with Crippen LogP contribution in [0.2, 0.25) is 0 Å². The number of β-amino-alcohol motifs (C(OH)–C–C–N with tert-alkyl or cyclic N) is 1. The number of benzene rings is 1. The zero-order valence-corrected chi connectivity index (χ0v) is 9.82. The summed E-state index contributed by atoms with van der Waals surface area (Å²) in [6.07, 6.45) is 3.53. The molecule has 1 atom stereocenters. The summed E-state index contributed by atoms with van der Waals surface area (Å²) in [7, 11) is 0. The number of aryl methyl sites for hydroxylation is 1. The largest absolute Gasteiger partial charge is 0.384 e. The van der Waals surface area contributed by atoms with Crippen LogP contribution in [0.5, 0.6) is 0 Å². The van der Waals surface area contributed by atoms with Crippen LogP contribution in [0.4, 0.5) is 0 Å². The van der Waals surface area contributed by atoms with Gasteiger partial charge in [0.1, 0.15) is 5.60 Å². The predicted molar refractivity (Wildman–Crippen MR) is 64.3 cm³/mol. The Morgan fingerprint density at radius 3 is 2.56 bits per heavy atom. The molecule has 0 spiro atoms. The summed E-state index contributed by atoms with van der Waals surface area (Å²) in [5, 5.41) is 10.7. The van der Waals surface area contributed by atoms with E-state index in [-0.39, 0.29) is 0 Å². The molecule has 1 unspecified atom stereocenters. The lowest BCUT2D eigenvalue weighted by atomic mass is 9.92. The number of rotatable bonds is 2. The van der Waals surface area contributed by atoms with Crippen molar-refractivity contribution in [2.75, 3.05) is 13.1 Å². The van der Waals surface area contributed by atoms with Crippen LogP contribution in [0.15, 0.2) is 24.3 Å². The van der Waals surface area contributed by atoms with Crippen molar-refractivity contribution >= 4 is 0 Å². The molecule has 2 aliphatic rings. The number of nitrogens with zero attached hydrogens (tertiary/aromatic N) is 1. The van der Waals surface area contributed by atoms with E-state index in [0.29, 0.717) is 0 Å². The highest BCUT2D eigenvalue weighted by atomic mass is 16.3. The number of aliphatic hydroxyl groups is 1. The van der Waals surface area contributed by atoms with Crippen LogP contribution in [0.25, 0.3) is 0 Å². The van der Waals surface area contributed by atoms with Gasteiger partial charge in [0.15, 0.2) is 0 Å². The Morgan fingerprint density at radius 2 is 1.94 bits per heavy atom.